The molecule has 0 bridgehead atoms. The summed E-state index contributed by atoms with van der Waals surface area (Å²) in [6, 6.07) is 0. The van der Waals surface area contributed by atoms with E-state index in [1.807, 2.05) is 0 Å². The van der Waals surface area contributed by atoms with Crippen molar-refractivity contribution < 1.29 is 0 Å². The molecule has 0 aliphatic carbocycles. The van der Waals surface area contributed by atoms with Crippen molar-refractivity contribution in [3.63, 3.8) is 0 Å². The van der Waals surface area contributed by atoms with Gasteiger partial charge in [-0.2, -0.15) is 4.37 Å². The first-order valence-corrected chi connectivity index (χ1v) is 6.75. The standard InChI is InChI=1S/C11H22N4S/c1-4-5-7-15(8-6-12)11-13-10(9(2)3)14-16-11/h9H,4-8,12H2,1-3H3. The van der Waals surface area contributed by atoms with Gasteiger partial charge in [0, 0.05) is 37.1 Å². The van der Waals surface area contributed by atoms with Crippen molar-refractivity contribution >= 4 is 16.7 Å². The smallest absolute Gasteiger partial charge is 0.205 e. The molecule has 0 aromatic carbocycles. The van der Waals surface area contributed by atoms with Crippen molar-refractivity contribution in [1.29, 1.82) is 0 Å². The normalized spacial score (nSPS) is 11.1. The molecule has 0 unspecified atom stereocenters. The van der Waals surface area contributed by atoms with Crippen LogP contribution in [0.2, 0.25) is 0 Å². The van der Waals surface area contributed by atoms with Gasteiger partial charge in [0.15, 0.2) is 0 Å². The van der Waals surface area contributed by atoms with Gasteiger partial charge >= 0.3 is 0 Å². The van der Waals surface area contributed by atoms with Crippen LogP contribution in [0.25, 0.3) is 0 Å². The molecule has 0 saturated heterocycles. The minimum absolute atomic E-state index is 0.399. The molecule has 0 amide bonds. The van der Waals surface area contributed by atoms with E-state index in [1.54, 1.807) is 0 Å². The van der Waals surface area contributed by atoms with Crippen molar-refractivity contribution in [1.82, 2.24) is 9.36 Å². The summed E-state index contributed by atoms with van der Waals surface area (Å²) < 4.78 is 4.37. The number of hydrogen-bond acceptors (Lipinski definition) is 5. The first-order chi connectivity index (χ1) is 7.69. The highest BCUT2D eigenvalue weighted by atomic mass is 32.1. The zero-order chi connectivity index (χ0) is 12.0. The zero-order valence-electron chi connectivity index (χ0n) is 10.4. The van der Waals surface area contributed by atoms with Crippen LogP contribution >= 0.6 is 11.5 Å². The first-order valence-electron chi connectivity index (χ1n) is 5.97. The number of nitrogens with two attached hydrogens (primary N) is 1. The lowest BCUT2D eigenvalue weighted by molar-refractivity contribution is 0.708. The van der Waals surface area contributed by atoms with Crippen LogP contribution in [0.4, 0.5) is 5.13 Å². The fourth-order valence-electron chi connectivity index (χ4n) is 1.40. The van der Waals surface area contributed by atoms with E-state index in [-0.39, 0.29) is 0 Å². The summed E-state index contributed by atoms with van der Waals surface area (Å²) in [5.41, 5.74) is 5.62. The Hall–Kier alpha value is -0.680. The lowest BCUT2D eigenvalue weighted by Gasteiger charge is -2.19. The van der Waals surface area contributed by atoms with Crippen molar-refractivity contribution in [3.8, 4) is 0 Å². The molecular formula is C11H22N4S. The number of nitrogens with zero attached hydrogens (tertiary/aromatic N) is 3. The minimum atomic E-state index is 0.399. The van der Waals surface area contributed by atoms with E-state index < -0.39 is 0 Å². The molecule has 1 heterocycles. The Labute approximate surface area is 102 Å². The first kappa shape index (κ1) is 13.4. The van der Waals surface area contributed by atoms with Crippen molar-refractivity contribution in [3.05, 3.63) is 5.82 Å². The molecule has 0 aliphatic rings. The van der Waals surface area contributed by atoms with Crippen LogP contribution in [0, 0.1) is 0 Å². The van der Waals surface area contributed by atoms with Gasteiger partial charge in [-0.1, -0.05) is 27.2 Å². The highest BCUT2D eigenvalue weighted by molar-refractivity contribution is 7.09. The van der Waals surface area contributed by atoms with E-state index in [4.69, 9.17) is 5.73 Å². The molecule has 1 aromatic rings. The van der Waals surface area contributed by atoms with E-state index in [1.165, 1.54) is 24.4 Å². The van der Waals surface area contributed by atoms with Gasteiger partial charge in [0.1, 0.15) is 5.82 Å². The highest BCUT2D eigenvalue weighted by Crippen LogP contribution is 2.21. The molecule has 5 heteroatoms. The van der Waals surface area contributed by atoms with Crippen LogP contribution in [0.3, 0.4) is 0 Å². The second-order valence-corrected chi connectivity index (χ2v) is 4.95. The maximum Gasteiger partial charge on any atom is 0.205 e. The highest BCUT2D eigenvalue weighted by Gasteiger charge is 2.13. The van der Waals surface area contributed by atoms with Gasteiger partial charge in [-0.05, 0) is 6.42 Å². The molecule has 0 aliphatic heterocycles. The van der Waals surface area contributed by atoms with Crippen LogP contribution in [0.5, 0.6) is 0 Å². The van der Waals surface area contributed by atoms with Gasteiger partial charge in [-0.3, -0.25) is 0 Å². The topological polar surface area (TPSA) is 55.0 Å². The summed E-state index contributed by atoms with van der Waals surface area (Å²) in [5, 5.41) is 1.02. The van der Waals surface area contributed by atoms with Crippen LogP contribution in [-0.2, 0) is 0 Å². The second kappa shape index (κ2) is 6.81. The molecule has 0 fully saturated rings. The Bertz CT molecular complexity index is 298. The lowest BCUT2D eigenvalue weighted by atomic mass is 10.2. The number of rotatable bonds is 7. The molecule has 92 valence electrons. The summed E-state index contributed by atoms with van der Waals surface area (Å²) in [4.78, 5) is 6.80. The third-order valence-electron chi connectivity index (χ3n) is 2.40. The Morgan fingerprint density at radius 1 is 1.38 bits per heavy atom. The average molecular weight is 242 g/mol. The third-order valence-corrected chi connectivity index (χ3v) is 3.19. The van der Waals surface area contributed by atoms with Gasteiger partial charge in [0.05, 0.1) is 0 Å². The monoisotopic (exact) mass is 242 g/mol. The molecule has 4 nitrogen and oxygen atoms in total. The second-order valence-electron chi connectivity index (χ2n) is 4.22. The molecule has 0 saturated carbocycles. The Morgan fingerprint density at radius 3 is 2.62 bits per heavy atom. The van der Waals surface area contributed by atoms with Crippen molar-refractivity contribution in [2.75, 3.05) is 24.5 Å². The molecule has 2 N–H and O–H groups in total. The van der Waals surface area contributed by atoms with Crippen LogP contribution in [0.1, 0.15) is 45.4 Å². The minimum Gasteiger partial charge on any atom is -0.346 e. The molecule has 0 spiro atoms. The van der Waals surface area contributed by atoms with E-state index in [0.29, 0.717) is 12.5 Å². The summed E-state index contributed by atoms with van der Waals surface area (Å²) >= 11 is 1.49. The van der Waals surface area contributed by atoms with E-state index >= 15 is 0 Å². The van der Waals surface area contributed by atoms with Crippen LogP contribution in [0.15, 0.2) is 0 Å². The molecule has 1 aromatic heterocycles. The Morgan fingerprint density at radius 2 is 2.12 bits per heavy atom. The van der Waals surface area contributed by atoms with E-state index in [2.05, 4.69) is 35.0 Å². The van der Waals surface area contributed by atoms with Gasteiger partial charge in [-0.15, -0.1) is 0 Å². The molecular weight excluding hydrogens is 220 g/mol. The number of aromatic nitrogens is 2. The lowest BCUT2D eigenvalue weighted by Crippen LogP contribution is -2.30. The maximum absolute atomic E-state index is 5.62. The SMILES string of the molecule is CCCCN(CCN)c1nc(C(C)C)ns1. The van der Waals surface area contributed by atoms with Crippen molar-refractivity contribution in [2.45, 2.75) is 39.5 Å². The molecule has 0 radical (unpaired) electrons. The number of unbranched alkanes of at least 4 members (excludes halogenated alkanes) is 1. The molecule has 1 rings (SSSR count). The molecule has 16 heavy (non-hydrogen) atoms. The van der Waals surface area contributed by atoms with Crippen LogP contribution < -0.4 is 10.6 Å². The van der Waals surface area contributed by atoms with Gasteiger partial charge in [0.25, 0.3) is 0 Å². The van der Waals surface area contributed by atoms with Gasteiger partial charge in [0.2, 0.25) is 5.13 Å². The number of anilines is 1. The van der Waals surface area contributed by atoms with Gasteiger partial charge < -0.3 is 10.6 Å². The quantitative estimate of drug-likeness (QED) is 0.796. The summed E-state index contributed by atoms with van der Waals surface area (Å²) in [5.74, 6) is 1.34. The zero-order valence-corrected chi connectivity index (χ0v) is 11.3. The number of hydrogen-bond donors (Lipinski definition) is 1. The Balaban J connectivity index is 2.67. The maximum atomic E-state index is 5.62. The summed E-state index contributed by atoms with van der Waals surface area (Å²) in [7, 11) is 0. The Kier molecular flexibility index (Phi) is 5.69. The molecule has 0 atom stereocenters. The summed E-state index contributed by atoms with van der Waals surface area (Å²) in [6.45, 7) is 8.99. The van der Waals surface area contributed by atoms with E-state index in [9.17, 15) is 0 Å². The van der Waals surface area contributed by atoms with Crippen molar-refractivity contribution in [2.24, 2.45) is 5.73 Å². The third kappa shape index (κ3) is 3.72. The fourth-order valence-corrected chi connectivity index (χ4v) is 2.26. The predicted octanol–water partition coefficient (Wildman–Crippen LogP) is 2.23. The fraction of sp³-hybridized carbons (Fsp3) is 0.818. The summed E-state index contributed by atoms with van der Waals surface area (Å²) in [6.07, 6.45) is 2.37. The van der Waals surface area contributed by atoms with Crippen LogP contribution in [-0.4, -0.2) is 29.0 Å². The van der Waals surface area contributed by atoms with Gasteiger partial charge in [-0.25, -0.2) is 4.98 Å². The largest absolute Gasteiger partial charge is 0.346 e. The average Bonchev–Trinajstić information content (AvgIpc) is 2.73. The van der Waals surface area contributed by atoms with E-state index in [0.717, 1.165) is 24.0 Å². The predicted molar refractivity (Wildman–Crippen MR) is 70.2 cm³/mol.